The normalized spacial score (nSPS) is 16.2. The Labute approximate surface area is 179 Å². The molecular formula is C26H21F2NO2. The zero-order valence-electron chi connectivity index (χ0n) is 17.1. The predicted molar refractivity (Wildman–Crippen MR) is 114 cm³/mol. The number of carbonyl (C=O) groups is 1. The minimum atomic E-state index is -0.855. The minimum Gasteiger partial charge on any atom is -0.483 e. The van der Waals surface area contributed by atoms with E-state index in [0.29, 0.717) is 5.69 Å². The standard InChI is InChI=1S/C26H21F2NO2/c1-16-6-9-24-19(12-16)20(14-26(31-24)10-3-11-26)17-7-8-18(29-15-17)13-23(30)25-21(27)4-2-5-22(25)28/h2,4-9,12,14-15H,3,10-11,13H2,1H3. The van der Waals surface area contributed by atoms with Crippen LogP contribution in [0, 0.1) is 18.6 Å². The first-order valence-electron chi connectivity index (χ1n) is 10.4. The fraction of sp³-hybridized carbons (Fsp3) is 0.231. The summed E-state index contributed by atoms with van der Waals surface area (Å²) in [7, 11) is 0. The Kier molecular flexibility index (Phi) is 4.69. The number of rotatable bonds is 4. The third kappa shape index (κ3) is 3.54. The van der Waals surface area contributed by atoms with Crippen LogP contribution in [-0.2, 0) is 6.42 Å². The van der Waals surface area contributed by atoms with Crippen molar-refractivity contribution < 1.29 is 18.3 Å². The SMILES string of the molecule is Cc1ccc2c(c1)C(c1ccc(CC(=O)c3c(F)cccc3F)nc1)=CC1(CCC1)O2. The molecule has 2 aliphatic rings. The Hall–Kier alpha value is -3.34. The molecular weight excluding hydrogens is 396 g/mol. The van der Waals surface area contributed by atoms with Gasteiger partial charge in [0.25, 0.3) is 0 Å². The maximum absolute atomic E-state index is 13.9. The molecule has 5 heteroatoms. The van der Waals surface area contributed by atoms with E-state index >= 15 is 0 Å². The van der Waals surface area contributed by atoms with Crippen molar-refractivity contribution in [2.24, 2.45) is 0 Å². The summed E-state index contributed by atoms with van der Waals surface area (Å²) in [5, 5.41) is 0. The number of hydrogen-bond donors (Lipinski definition) is 0. The van der Waals surface area contributed by atoms with Crippen molar-refractivity contribution in [1.29, 1.82) is 0 Å². The van der Waals surface area contributed by atoms with Crippen LogP contribution in [0.25, 0.3) is 5.57 Å². The molecule has 2 heterocycles. The first-order chi connectivity index (χ1) is 14.9. The van der Waals surface area contributed by atoms with Crippen LogP contribution in [0.4, 0.5) is 8.78 Å². The molecule has 0 bridgehead atoms. The van der Waals surface area contributed by atoms with Crippen molar-refractivity contribution in [2.45, 2.75) is 38.2 Å². The highest BCUT2D eigenvalue weighted by Crippen LogP contribution is 2.47. The molecule has 0 unspecified atom stereocenters. The van der Waals surface area contributed by atoms with Crippen LogP contribution in [-0.4, -0.2) is 16.4 Å². The molecule has 1 aromatic heterocycles. The molecule has 3 aromatic rings. The molecule has 0 N–H and O–H groups in total. The van der Waals surface area contributed by atoms with Gasteiger partial charge in [-0.2, -0.15) is 0 Å². The van der Waals surface area contributed by atoms with E-state index in [0.717, 1.165) is 59.4 Å². The number of fused-ring (bicyclic) bond motifs is 1. The van der Waals surface area contributed by atoms with Gasteiger partial charge in [-0.1, -0.05) is 23.8 Å². The third-order valence-corrected chi connectivity index (χ3v) is 6.06. The first-order valence-corrected chi connectivity index (χ1v) is 10.4. The smallest absolute Gasteiger partial charge is 0.174 e. The van der Waals surface area contributed by atoms with E-state index in [-0.39, 0.29) is 12.0 Å². The molecule has 156 valence electrons. The molecule has 2 aromatic carbocycles. The van der Waals surface area contributed by atoms with Gasteiger partial charge in [0, 0.05) is 23.0 Å². The van der Waals surface area contributed by atoms with Gasteiger partial charge in [0.05, 0.1) is 12.0 Å². The van der Waals surface area contributed by atoms with Gasteiger partial charge in [0.1, 0.15) is 23.0 Å². The lowest BCUT2D eigenvalue weighted by Crippen LogP contribution is -2.43. The summed E-state index contributed by atoms with van der Waals surface area (Å²) in [6, 6.07) is 13.2. The van der Waals surface area contributed by atoms with Crippen molar-refractivity contribution in [3.05, 3.63) is 100 Å². The molecule has 0 amide bonds. The lowest BCUT2D eigenvalue weighted by Gasteiger charge is -2.43. The average Bonchev–Trinajstić information content (AvgIpc) is 2.72. The topological polar surface area (TPSA) is 39.2 Å². The number of halogens is 2. The van der Waals surface area contributed by atoms with Crippen molar-refractivity contribution >= 4 is 11.4 Å². The largest absolute Gasteiger partial charge is 0.483 e. The monoisotopic (exact) mass is 417 g/mol. The number of aromatic nitrogens is 1. The number of nitrogens with zero attached hydrogens (tertiary/aromatic N) is 1. The first kappa shape index (κ1) is 19.6. The molecule has 0 atom stereocenters. The van der Waals surface area contributed by atoms with Gasteiger partial charge in [0.2, 0.25) is 0 Å². The second-order valence-corrected chi connectivity index (χ2v) is 8.31. The maximum atomic E-state index is 13.9. The molecule has 3 nitrogen and oxygen atoms in total. The fourth-order valence-electron chi connectivity index (χ4n) is 4.25. The van der Waals surface area contributed by atoms with Gasteiger partial charge in [-0.05, 0) is 68.2 Å². The highest BCUT2D eigenvalue weighted by Gasteiger charge is 2.41. The Bertz CT molecular complexity index is 1190. The summed E-state index contributed by atoms with van der Waals surface area (Å²) in [6.07, 6.45) is 6.84. The van der Waals surface area contributed by atoms with Crippen molar-refractivity contribution in [3.8, 4) is 5.75 Å². The van der Waals surface area contributed by atoms with Crippen LogP contribution in [0.1, 0.15) is 52.0 Å². The Morgan fingerprint density at radius 3 is 2.52 bits per heavy atom. The second kappa shape index (κ2) is 7.41. The van der Waals surface area contributed by atoms with Crippen LogP contribution in [0.3, 0.4) is 0 Å². The molecule has 5 rings (SSSR count). The average molecular weight is 417 g/mol. The van der Waals surface area contributed by atoms with Crippen molar-refractivity contribution in [2.75, 3.05) is 0 Å². The summed E-state index contributed by atoms with van der Waals surface area (Å²) in [5.41, 5.74) is 3.85. The molecule has 1 fully saturated rings. The lowest BCUT2D eigenvalue weighted by atomic mass is 9.75. The molecule has 31 heavy (non-hydrogen) atoms. The van der Waals surface area contributed by atoms with Crippen LogP contribution in [0.5, 0.6) is 5.75 Å². The van der Waals surface area contributed by atoms with Gasteiger partial charge < -0.3 is 4.74 Å². The number of hydrogen-bond acceptors (Lipinski definition) is 3. The summed E-state index contributed by atoms with van der Waals surface area (Å²) in [4.78, 5) is 16.8. The highest BCUT2D eigenvalue weighted by atomic mass is 19.1. The van der Waals surface area contributed by atoms with E-state index in [9.17, 15) is 13.6 Å². The lowest BCUT2D eigenvalue weighted by molar-refractivity contribution is 0.0376. The predicted octanol–water partition coefficient (Wildman–Crippen LogP) is 5.84. The number of aryl methyl sites for hydroxylation is 1. The Balaban J connectivity index is 1.45. The van der Waals surface area contributed by atoms with E-state index in [2.05, 4.69) is 17.1 Å². The number of benzene rings is 2. The van der Waals surface area contributed by atoms with Gasteiger partial charge in [-0.25, -0.2) is 8.78 Å². The van der Waals surface area contributed by atoms with Crippen LogP contribution in [0.2, 0.25) is 0 Å². The quantitative estimate of drug-likeness (QED) is 0.501. The summed E-state index contributed by atoms with van der Waals surface area (Å²) >= 11 is 0. The highest BCUT2D eigenvalue weighted by molar-refractivity contribution is 5.97. The number of ketones is 1. The summed E-state index contributed by atoms with van der Waals surface area (Å²) in [5.74, 6) is -1.47. The number of pyridine rings is 1. The van der Waals surface area contributed by atoms with E-state index in [1.165, 1.54) is 6.07 Å². The van der Waals surface area contributed by atoms with Gasteiger partial charge in [-0.15, -0.1) is 0 Å². The molecule has 1 aliphatic heterocycles. The van der Waals surface area contributed by atoms with Crippen LogP contribution >= 0.6 is 0 Å². The maximum Gasteiger partial charge on any atom is 0.174 e. The number of Topliss-reactive ketones (excluding diaryl/α,β-unsaturated/α-hetero) is 1. The van der Waals surface area contributed by atoms with E-state index in [1.807, 2.05) is 25.1 Å². The Morgan fingerprint density at radius 2 is 1.87 bits per heavy atom. The van der Waals surface area contributed by atoms with Crippen LogP contribution in [0.15, 0.2) is 60.8 Å². The van der Waals surface area contributed by atoms with Crippen molar-refractivity contribution in [1.82, 2.24) is 4.98 Å². The molecule has 1 aliphatic carbocycles. The zero-order valence-corrected chi connectivity index (χ0v) is 17.1. The summed E-state index contributed by atoms with van der Waals surface area (Å²) < 4.78 is 34.1. The van der Waals surface area contributed by atoms with Crippen LogP contribution < -0.4 is 4.74 Å². The minimum absolute atomic E-state index is 0.167. The molecule has 1 spiro atoms. The van der Waals surface area contributed by atoms with E-state index in [4.69, 9.17) is 4.74 Å². The van der Waals surface area contributed by atoms with Gasteiger partial charge in [-0.3, -0.25) is 9.78 Å². The molecule has 0 radical (unpaired) electrons. The Morgan fingerprint density at radius 1 is 1.10 bits per heavy atom. The second-order valence-electron chi connectivity index (χ2n) is 8.31. The van der Waals surface area contributed by atoms with Crippen molar-refractivity contribution in [3.63, 3.8) is 0 Å². The van der Waals surface area contributed by atoms with Gasteiger partial charge in [0.15, 0.2) is 5.78 Å². The number of carbonyl (C=O) groups excluding carboxylic acids is 1. The molecule has 0 saturated heterocycles. The van der Waals surface area contributed by atoms with E-state index < -0.39 is 23.0 Å². The third-order valence-electron chi connectivity index (χ3n) is 6.06. The molecule has 1 saturated carbocycles. The zero-order chi connectivity index (χ0) is 21.6. The summed E-state index contributed by atoms with van der Waals surface area (Å²) in [6.45, 7) is 2.04. The number of ether oxygens (including phenoxy) is 1. The van der Waals surface area contributed by atoms with E-state index in [1.54, 1.807) is 12.3 Å². The fourth-order valence-corrected chi connectivity index (χ4v) is 4.25. The van der Waals surface area contributed by atoms with Gasteiger partial charge >= 0.3 is 0 Å².